The Balaban J connectivity index is 1.78. The number of likely N-dealkylation sites (tertiary alicyclic amines) is 1. The number of piperidine rings is 1. The lowest BCUT2D eigenvalue weighted by molar-refractivity contribution is -0.124. The third kappa shape index (κ3) is 2.23. The van der Waals surface area contributed by atoms with Gasteiger partial charge in [-0.05, 0) is 26.2 Å². The normalized spacial score (nSPS) is 27.9. The van der Waals surface area contributed by atoms with Crippen LogP contribution >= 0.6 is 0 Å². The van der Waals surface area contributed by atoms with E-state index in [1.54, 1.807) is 12.4 Å². The van der Waals surface area contributed by atoms with Crippen LogP contribution in [0.1, 0.15) is 20.3 Å². The van der Waals surface area contributed by atoms with Gasteiger partial charge in [0, 0.05) is 25.7 Å². The van der Waals surface area contributed by atoms with E-state index in [1.165, 1.54) is 6.33 Å². The number of hydrogen-bond donors (Lipinski definition) is 0. The molecule has 0 aromatic carbocycles. The van der Waals surface area contributed by atoms with E-state index >= 15 is 0 Å². The molecule has 2 aliphatic heterocycles. The highest BCUT2D eigenvalue weighted by molar-refractivity contribution is 5.96. The fraction of sp³-hybridized carbons (Fsp3) is 0.643. The number of rotatable bonds is 2. The van der Waals surface area contributed by atoms with Crippen LogP contribution in [0.3, 0.4) is 0 Å². The highest BCUT2D eigenvalue weighted by atomic mass is 16.2. The molecule has 0 unspecified atom stereocenters. The molecular weight excluding hydrogens is 240 g/mol. The molecule has 0 saturated carbocycles. The predicted octanol–water partition coefficient (Wildman–Crippen LogP) is 1.17. The third-order valence-electron chi connectivity index (χ3n) is 4.36. The first-order valence-electron chi connectivity index (χ1n) is 6.97. The Kier molecular flexibility index (Phi) is 3.22. The van der Waals surface area contributed by atoms with Gasteiger partial charge >= 0.3 is 0 Å². The molecule has 1 aromatic rings. The van der Waals surface area contributed by atoms with Crippen LogP contribution in [0.15, 0.2) is 18.7 Å². The fourth-order valence-corrected chi connectivity index (χ4v) is 3.19. The Morgan fingerprint density at radius 1 is 1.26 bits per heavy atom. The van der Waals surface area contributed by atoms with Crippen molar-refractivity contribution in [2.45, 2.75) is 26.3 Å². The van der Waals surface area contributed by atoms with E-state index < -0.39 is 0 Å². The molecule has 5 nitrogen and oxygen atoms in total. The SMILES string of the molecule is CC(C)N1C[C@@H]2CCN(c3cncnc3)C(=O)[C@H]2C1. The minimum Gasteiger partial charge on any atom is -0.309 e. The largest absolute Gasteiger partial charge is 0.309 e. The number of aromatic nitrogens is 2. The van der Waals surface area contributed by atoms with Crippen LogP contribution in [0.2, 0.25) is 0 Å². The molecule has 1 amide bonds. The maximum atomic E-state index is 12.6. The first-order valence-corrected chi connectivity index (χ1v) is 6.97. The Morgan fingerprint density at radius 3 is 2.68 bits per heavy atom. The molecule has 0 bridgehead atoms. The Hall–Kier alpha value is -1.49. The first kappa shape index (κ1) is 12.5. The van der Waals surface area contributed by atoms with E-state index in [0.29, 0.717) is 12.0 Å². The smallest absolute Gasteiger partial charge is 0.231 e. The van der Waals surface area contributed by atoms with E-state index in [-0.39, 0.29) is 11.8 Å². The van der Waals surface area contributed by atoms with Gasteiger partial charge in [-0.1, -0.05) is 0 Å². The molecule has 3 rings (SSSR count). The molecule has 1 aromatic heterocycles. The van der Waals surface area contributed by atoms with E-state index in [0.717, 1.165) is 31.7 Å². The summed E-state index contributed by atoms with van der Waals surface area (Å²) in [6.07, 6.45) is 6.02. The molecule has 2 atom stereocenters. The summed E-state index contributed by atoms with van der Waals surface area (Å²) < 4.78 is 0. The average Bonchev–Trinajstić information content (AvgIpc) is 2.85. The van der Waals surface area contributed by atoms with Gasteiger partial charge in [0.1, 0.15) is 6.33 Å². The van der Waals surface area contributed by atoms with Crippen molar-refractivity contribution in [1.82, 2.24) is 14.9 Å². The van der Waals surface area contributed by atoms with Crippen LogP contribution in [0.5, 0.6) is 0 Å². The van der Waals surface area contributed by atoms with Gasteiger partial charge in [0.2, 0.25) is 5.91 Å². The van der Waals surface area contributed by atoms with Gasteiger partial charge < -0.3 is 4.90 Å². The van der Waals surface area contributed by atoms with Crippen LogP contribution in [0.4, 0.5) is 5.69 Å². The van der Waals surface area contributed by atoms with Gasteiger partial charge in [-0.25, -0.2) is 9.97 Å². The summed E-state index contributed by atoms with van der Waals surface area (Å²) in [6, 6.07) is 0.520. The molecule has 2 fully saturated rings. The number of fused-ring (bicyclic) bond motifs is 1. The summed E-state index contributed by atoms with van der Waals surface area (Å²) >= 11 is 0. The lowest BCUT2D eigenvalue weighted by Crippen LogP contribution is -2.45. The second-order valence-corrected chi connectivity index (χ2v) is 5.79. The number of anilines is 1. The topological polar surface area (TPSA) is 49.3 Å². The van der Waals surface area contributed by atoms with Crippen molar-refractivity contribution >= 4 is 11.6 Å². The lowest BCUT2D eigenvalue weighted by Gasteiger charge is -2.33. The van der Waals surface area contributed by atoms with Crippen molar-refractivity contribution in [3.05, 3.63) is 18.7 Å². The standard InChI is InChI=1S/C14H20N4O/c1-10(2)17-7-11-3-4-18(14(19)13(11)8-17)12-5-15-9-16-6-12/h5-6,9-11,13H,3-4,7-8H2,1-2H3/t11-,13-/m0/s1. The summed E-state index contributed by atoms with van der Waals surface area (Å²) in [5, 5.41) is 0. The van der Waals surface area contributed by atoms with Crippen LogP contribution in [-0.2, 0) is 4.79 Å². The highest BCUT2D eigenvalue weighted by Crippen LogP contribution is 2.34. The second-order valence-electron chi connectivity index (χ2n) is 5.79. The average molecular weight is 260 g/mol. The predicted molar refractivity (Wildman–Crippen MR) is 72.7 cm³/mol. The molecule has 0 spiro atoms. The zero-order chi connectivity index (χ0) is 13.4. The number of nitrogens with zero attached hydrogens (tertiary/aromatic N) is 4. The summed E-state index contributed by atoms with van der Waals surface area (Å²) in [5.41, 5.74) is 0.828. The summed E-state index contributed by atoms with van der Waals surface area (Å²) in [6.45, 7) is 7.15. The molecule has 3 heterocycles. The van der Waals surface area contributed by atoms with Gasteiger partial charge in [-0.15, -0.1) is 0 Å². The quantitative estimate of drug-likeness (QED) is 0.801. The van der Waals surface area contributed by atoms with Crippen LogP contribution in [0, 0.1) is 11.8 Å². The fourth-order valence-electron chi connectivity index (χ4n) is 3.19. The number of amides is 1. The molecule has 0 radical (unpaired) electrons. The second kappa shape index (κ2) is 4.89. The molecular formula is C14H20N4O. The minimum atomic E-state index is 0.149. The first-order chi connectivity index (χ1) is 9.16. The van der Waals surface area contributed by atoms with Gasteiger partial charge in [-0.3, -0.25) is 9.69 Å². The van der Waals surface area contributed by atoms with Crippen molar-refractivity contribution in [2.75, 3.05) is 24.5 Å². The highest BCUT2D eigenvalue weighted by Gasteiger charge is 2.43. The van der Waals surface area contributed by atoms with Gasteiger partial charge in [-0.2, -0.15) is 0 Å². The van der Waals surface area contributed by atoms with Crippen molar-refractivity contribution in [2.24, 2.45) is 11.8 Å². The molecule has 2 saturated heterocycles. The third-order valence-corrected chi connectivity index (χ3v) is 4.36. The van der Waals surface area contributed by atoms with E-state index in [9.17, 15) is 4.79 Å². The number of carbonyl (C=O) groups is 1. The molecule has 102 valence electrons. The number of carbonyl (C=O) groups excluding carboxylic acids is 1. The number of hydrogen-bond acceptors (Lipinski definition) is 4. The van der Waals surface area contributed by atoms with E-state index in [1.807, 2.05) is 4.90 Å². The Bertz CT molecular complexity index is 462. The molecule has 0 aliphatic carbocycles. The summed E-state index contributed by atoms with van der Waals surface area (Å²) in [5.74, 6) is 0.918. The van der Waals surface area contributed by atoms with Crippen molar-refractivity contribution in [3.63, 3.8) is 0 Å². The van der Waals surface area contributed by atoms with Crippen molar-refractivity contribution < 1.29 is 4.79 Å². The maximum absolute atomic E-state index is 12.6. The molecule has 5 heteroatoms. The van der Waals surface area contributed by atoms with Crippen LogP contribution in [0.25, 0.3) is 0 Å². The Morgan fingerprint density at radius 2 is 2.00 bits per heavy atom. The van der Waals surface area contributed by atoms with Gasteiger partial charge in [0.25, 0.3) is 0 Å². The minimum absolute atomic E-state index is 0.149. The lowest BCUT2D eigenvalue weighted by atomic mass is 9.88. The molecule has 0 N–H and O–H groups in total. The van der Waals surface area contributed by atoms with Crippen LogP contribution in [-0.4, -0.2) is 46.5 Å². The summed E-state index contributed by atoms with van der Waals surface area (Å²) in [7, 11) is 0. The van der Waals surface area contributed by atoms with Crippen molar-refractivity contribution in [1.29, 1.82) is 0 Å². The van der Waals surface area contributed by atoms with Gasteiger partial charge in [0.15, 0.2) is 0 Å². The maximum Gasteiger partial charge on any atom is 0.231 e. The summed E-state index contributed by atoms with van der Waals surface area (Å²) in [4.78, 5) is 24.9. The molecule has 19 heavy (non-hydrogen) atoms. The zero-order valence-electron chi connectivity index (χ0n) is 11.5. The Labute approximate surface area is 113 Å². The van der Waals surface area contributed by atoms with Gasteiger partial charge in [0.05, 0.1) is 24.0 Å². The van der Waals surface area contributed by atoms with E-state index in [2.05, 4.69) is 28.7 Å². The van der Waals surface area contributed by atoms with Crippen LogP contribution < -0.4 is 4.90 Å². The van der Waals surface area contributed by atoms with Crippen molar-refractivity contribution in [3.8, 4) is 0 Å². The van der Waals surface area contributed by atoms with E-state index in [4.69, 9.17) is 0 Å². The molecule has 2 aliphatic rings. The monoisotopic (exact) mass is 260 g/mol. The zero-order valence-corrected chi connectivity index (χ0v) is 11.5.